The van der Waals surface area contributed by atoms with Crippen LogP contribution in [0.15, 0.2) is 41.0 Å². The zero-order valence-electron chi connectivity index (χ0n) is 12.7. The molecule has 1 amide bonds. The summed E-state index contributed by atoms with van der Waals surface area (Å²) in [5.41, 5.74) is 1.05. The summed E-state index contributed by atoms with van der Waals surface area (Å²) >= 11 is 2.96. The van der Waals surface area contributed by atoms with E-state index in [9.17, 15) is 4.79 Å². The van der Waals surface area contributed by atoms with Crippen molar-refractivity contribution in [3.8, 4) is 10.7 Å². The van der Waals surface area contributed by atoms with Crippen LogP contribution < -0.4 is 5.32 Å². The number of thiophene rings is 1. The van der Waals surface area contributed by atoms with Crippen molar-refractivity contribution in [1.29, 1.82) is 0 Å². The van der Waals surface area contributed by atoms with Gasteiger partial charge in [0.25, 0.3) is 0 Å². The van der Waals surface area contributed by atoms with Crippen molar-refractivity contribution in [2.24, 2.45) is 7.05 Å². The molecular formula is C15H15N5OS2. The molecule has 3 aromatic heterocycles. The first-order valence-electron chi connectivity index (χ1n) is 6.92. The fraction of sp³-hybridized carbons (Fsp3) is 0.200. The van der Waals surface area contributed by atoms with Crippen LogP contribution in [0.1, 0.15) is 5.56 Å². The Morgan fingerprint density at radius 3 is 2.91 bits per heavy atom. The Kier molecular flexibility index (Phi) is 4.73. The average molecular weight is 345 g/mol. The molecular weight excluding hydrogens is 330 g/mol. The van der Waals surface area contributed by atoms with Gasteiger partial charge in [0.2, 0.25) is 5.91 Å². The van der Waals surface area contributed by atoms with Crippen LogP contribution in [0.25, 0.3) is 10.7 Å². The smallest absolute Gasteiger partial charge is 0.236 e. The Balaban J connectivity index is 1.60. The fourth-order valence-corrected chi connectivity index (χ4v) is 3.37. The molecule has 0 aliphatic heterocycles. The second-order valence-corrected chi connectivity index (χ2v) is 6.79. The Morgan fingerprint density at radius 1 is 1.35 bits per heavy atom. The molecule has 0 aromatic carbocycles. The van der Waals surface area contributed by atoms with Crippen molar-refractivity contribution < 1.29 is 4.79 Å². The molecule has 0 radical (unpaired) electrons. The van der Waals surface area contributed by atoms with Gasteiger partial charge in [-0.2, -0.15) is 0 Å². The van der Waals surface area contributed by atoms with Crippen LogP contribution in [-0.4, -0.2) is 31.4 Å². The zero-order valence-corrected chi connectivity index (χ0v) is 14.3. The third kappa shape index (κ3) is 3.77. The van der Waals surface area contributed by atoms with Gasteiger partial charge in [0.15, 0.2) is 11.0 Å². The summed E-state index contributed by atoms with van der Waals surface area (Å²) in [6, 6.07) is 7.67. The van der Waals surface area contributed by atoms with Gasteiger partial charge in [-0.15, -0.1) is 21.5 Å². The van der Waals surface area contributed by atoms with Crippen molar-refractivity contribution in [3.05, 3.63) is 41.4 Å². The first-order chi connectivity index (χ1) is 11.1. The molecule has 0 saturated heterocycles. The number of anilines is 1. The van der Waals surface area contributed by atoms with Gasteiger partial charge in [0, 0.05) is 13.2 Å². The van der Waals surface area contributed by atoms with E-state index in [1.54, 1.807) is 23.6 Å². The minimum Gasteiger partial charge on any atom is -0.310 e. The number of thioether (sulfide) groups is 1. The van der Waals surface area contributed by atoms with Gasteiger partial charge in [-0.25, -0.2) is 4.98 Å². The molecule has 0 aliphatic carbocycles. The summed E-state index contributed by atoms with van der Waals surface area (Å²) < 4.78 is 1.90. The predicted octanol–water partition coefficient (Wildman–Crippen LogP) is 2.98. The molecule has 0 aliphatic rings. The van der Waals surface area contributed by atoms with Gasteiger partial charge >= 0.3 is 0 Å². The molecule has 23 heavy (non-hydrogen) atoms. The van der Waals surface area contributed by atoms with E-state index in [1.165, 1.54) is 11.8 Å². The number of nitrogens with zero attached hydrogens (tertiary/aromatic N) is 4. The summed E-state index contributed by atoms with van der Waals surface area (Å²) in [5.74, 6) is 1.50. The highest BCUT2D eigenvalue weighted by Crippen LogP contribution is 2.25. The predicted molar refractivity (Wildman–Crippen MR) is 92.6 cm³/mol. The molecule has 0 spiro atoms. The number of aryl methyl sites for hydroxylation is 1. The lowest BCUT2D eigenvalue weighted by atomic mass is 10.3. The first-order valence-corrected chi connectivity index (χ1v) is 8.78. The molecule has 3 aromatic rings. The summed E-state index contributed by atoms with van der Waals surface area (Å²) in [5, 5.41) is 13.8. The molecule has 0 bridgehead atoms. The van der Waals surface area contributed by atoms with Gasteiger partial charge < -0.3 is 9.88 Å². The number of amides is 1. The van der Waals surface area contributed by atoms with Crippen LogP contribution in [0, 0.1) is 6.92 Å². The van der Waals surface area contributed by atoms with E-state index >= 15 is 0 Å². The Bertz CT molecular complexity index is 796. The summed E-state index contributed by atoms with van der Waals surface area (Å²) in [4.78, 5) is 17.2. The highest BCUT2D eigenvalue weighted by Gasteiger charge is 2.13. The van der Waals surface area contributed by atoms with Crippen molar-refractivity contribution in [1.82, 2.24) is 19.7 Å². The number of nitrogens with one attached hydrogen (secondary N) is 1. The van der Waals surface area contributed by atoms with E-state index in [4.69, 9.17) is 0 Å². The van der Waals surface area contributed by atoms with Crippen LogP contribution in [0.3, 0.4) is 0 Å². The van der Waals surface area contributed by atoms with Gasteiger partial charge in [0.05, 0.1) is 10.6 Å². The highest BCUT2D eigenvalue weighted by molar-refractivity contribution is 7.99. The SMILES string of the molecule is Cc1ccc(NC(=O)CSc2nnc(-c3cccs3)n2C)nc1. The lowest BCUT2D eigenvalue weighted by molar-refractivity contribution is -0.113. The summed E-state index contributed by atoms with van der Waals surface area (Å²) in [7, 11) is 1.90. The quantitative estimate of drug-likeness (QED) is 0.720. The van der Waals surface area contributed by atoms with Crippen LogP contribution >= 0.6 is 23.1 Å². The number of hydrogen-bond acceptors (Lipinski definition) is 6. The van der Waals surface area contributed by atoms with Crippen LogP contribution in [-0.2, 0) is 11.8 Å². The minimum absolute atomic E-state index is 0.118. The van der Waals surface area contributed by atoms with Crippen molar-refractivity contribution in [2.45, 2.75) is 12.1 Å². The van der Waals surface area contributed by atoms with Gasteiger partial charge in [-0.3, -0.25) is 4.79 Å². The summed E-state index contributed by atoms with van der Waals surface area (Å²) in [6.45, 7) is 1.95. The molecule has 0 saturated carbocycles. The number of carbonyl (C=O) groups excluding carboxylic acids is 1. The molecule has 0 unspecified atom stereocenters. The Morgan fingerprint density at radius 2 is 2.22 bits per heavy atom. The minimum atomic E-state index is -0.118. The fourth-order valence-electron chi connectivity index (χ4n) is 1.91. The van der Waals surface area contributed by atoms with Crippen molar-refractivity contribution >= 4 is 34.8 Å². The van der Waals surface area contributed by atoms with E-state index in [0.717, 1.165) is 16.3 Å². The number of hydrogen-bond donors (Lipinski definition) is 1. The first kappa shape index (κ1) is 15.7. The Hall–Kier alpha value is -2.19. The van der Waals surface area contributed by atoms with E-state index in [1.807, 2.05) is 42.1 Å². The van der Waals surface area contributed by atoms with Crippen LogP contribution in [0.2, 0.25) is 0 Å². The molecule has 118 valence electrons. The largest absolute Gasteiger partial charge is 0.310 e. The topological polar surface area (TPSA) is 72.7 Å². The number of rotatable bonds is 5. The van der Waals surface area contributed by atoms with E-state index in [-0.39, 0.29) is 11.7 Å². The maximum absolute atomic E-state index is 12.0. The highest BCUT2D eigenvalue weighted by atomic mass is 32.2. The van der Waals surface area contributed by atoms with Crippen LogP contribution in [0.5, 0.6) is 0 Å². The molecule has 0 atom stereocenters. The van der Waals surface area contributed by atoms with Crippen molar-refractivity contribution in [3.63, 3.8) is 0 Å². The average Bonchev–Trinajstić information content (AvgIpc) is 3.17. The normalized spacial score (nSPS) is 10.7. The maximum atomic E-state index is 12.0. The molecule has 1 N–H and O–H groups in total. The van der Waals surface area contributed by atoms with Gasteiger partial charge in [-0.05, 0) is 30.0 Å². The third-order valence-corrected chi connectivity index (χ3v) is 4.97. The lowest BCUT2D eigenvalue weighted by Gasteiger charge is -2.05. The zero-order chi connectivity index (χ0) is 16.2. The van der Waals surface area contributed by atoms with E-state index in [2.05, 4.69) is 20.5 Å². The second kappa shape index (κ2) is 6.93. The Labute approximate surface area is 142 Å². The summed E-state index contributed by atoms with van der Waals surface area (Å²) in [6.07, 6.45) is 1.72. The lowest BCUT2D eigenvalue weighted by Crippen LogP contribution is -2.15. The molecule has 6 nitrogen and oxygen atoms in total. The van der Waals surface area contributed by atoms with Gasteiger partial charge in [0.1, 0.15) is 5.82 Å². The number of aromatic nitrogens is 4. The van der Waals surface area contributed by atoms with E-state index in [0.29, 0.717) is 11.0 Å². The van der Waals surface area contributed by atoms with E-state index < -0.39 is 0 Å². The third-order valence-electron chi connectivity index (χ3n) is 3.09. The molecule has 3 rings (SSSR count). The van der Waals surface area contributed by atoms with Crippen LogP contribution in [0.4, 0.5) is 5.82 Å². The second-order valence-electron chi connectivity index (χ2n) is 4.90. The van der Waals surface area contributed by atoms with Crippen molar-refractivity contribution in [2.75, 3.05) is 11.1 Å². The molecule has 3 heterocycles. The molecule has 8 heteroatoms. The molecule has 0 fully saturated rings. The van der Waals surface area contributed by atoms with Gasteiger partial charge in [-0.1, -0.05) is 23.9 Å². The standard InChI is InChI=1S/C15H15N5OS2/c1-10-5-6-12(16-8-10)17-13(21)9-23-15-19-18-14(20(15)2)11-4-3-7-22-11/h3-8H,9H2,1-2H3,(H,16,17,21). The monoisotopic (exact) mass is 345 g/mol. The maximum Gasteiger partial charge on any atom is 0.236 e. The number of carbonyl (C=O) groups is 1. The number of pyridine rings is 1.